The van der Waals surface area contributed by atoms with Crippen molar-refractivity contribution in [1.82, 2.24) is 0 Å². The zero-order valence-corrected chi connectivity index (χ0v) is 8.88. The Labute approximate surface area is 77.1 Å². The maximum atomic E-state index is 2.44. The lowest BCUT2D eigenvalue weighted by atomic mass is 9.79. The molecule has 0 N–H and O–H groups in total. The predicted octanol–water partition coefficient (Wildman–Crippen LogP) is 3.88. The average Bonchev–Trinajstić information content (AvgIpc) is 2.04. The van der Waals surface area contributed by atoms with Gasteiger partial charge in [0.2, 0.25) is 0 Å². The largest absolute Gasteiger partial charge is 0.0849 e. The zero-order valence-electron chi connectivity index (χ0n) is 8.88. The van der Waals surface area contributed by atoms with E-state index < -0.39 is 0 Å². The molecule has 0 heteroatoms. The van der Waals surface area contributed by atoms with Crippen LogP contribution in [0.1, 0.15) is 40.5 Å². The van der Waals surface area contributed by atoms with Gasteiger partial charge in [-0.3, -0.25) is 0 Å². The van der Waals surface area contributed by atoms with Crippen LogP contribution in [0.4, 0.5) is 0 Å². The molecule has 0 bridgehead atoms. The molecule has 1 aliphatic carbocycles. The lowest BCUT2D eigenvalue weighted by Gasteiger charge is -2.27. The van der Waals surface area contributed by atoms with Gasteiger partial charge in [0.25, 0.3) is 0 Å². The Morgan fingerprint density at radius 3 is 1.33 bits per heavy atom. The fraction of sp³-hybridized carbons (Fsp3) is 0.833. The minimum absolute atomic E-state index is 0.828. The van der Waals surface area contributed by atoms with Crippen molar-refractivity contribution in [1.29, 1.82) is 0 Å². The summed E-state index contributed by atoms with van der Waals surface area (Å²) in [5.74, 6) is 3.35. The van der Waals surface area contributed by atoms with E-state index in [-0.39, 0.29) is 0 Å². The van der Waals surface area contributed by atoms with E-state index >= 15 is 0 Å². The van der Waals surface area contributed by atoms with Crippen molar-refractivity contribution in [3.05, 3.63) is 12.2 Å². The number of rotatable bonds is 2. The van der Waals surface area contributed by atoms with Gasteiger partial charge in [-0.05, 0) is 36.5 Å². The Hall–Kier alpha value is -0.260. The summed E-state index contributed by atoms with van der Waals surface area (Å²) in [4.78, 5) is 0. The topological polar surface area (TPSA) is 0 Å². The van der Waals surface area contributed by atoms with Gasteiger partial charge in [0.05, 0.1) is 0 Å². The fourth-order valence-electron chi connectivity index (χ4n) is 1.97. The molecule has 0 radical (unpaired) electrons. The van der Waals surface area contributed by atoms with Gasteiger partial charge in [-0.1, -0.05) is 39.8 Å². The van der Waals surface area contributed by atoms with Crippen LogP contribution in [0.25, 0.3) is 0 Å². The molecule has 2 unspecified atom stereocenters. The highest BCUT2D eigenvalue weighted by atomic mass is 14.2. The van der Waals surface area contributed by atoms with E-state index in [1.54, 1.807) is 0 Å². The molecule has 70 valence electrons. The number of hydrogen-bond acceptors (Lipinski definition) is 0. The van der Waals surface area contributed by atoms with E-state index in [4.69, 9.17) is 0 Å². The Morgan fingerprint density at radius 1 is 0.833 bits per heavy atom. The zero-order chi connectivity index (χ0) is 9.14. The van der Waals surface area contributed by atoms with E-state index in [1.807, 2.05) is 0 Å². The fourth-order valence-corrected chi connectivity index (χ4v) is 1.97. The summed E-state index contributed by atoms with van der Waals surface area (Å²) in [5, 5.41) is 0. The summed E-state index contributed by atoms with van der Waals surface area (Å²) in [6.07, 6.45) is 7.69. The lowest BCUT2D eigenvalue weighted by Crippen LogP contribution is -2.16. The van der Waals surface area contributed by atoms with E-state index in [0.717, 1.165) is 23.7 Å². The third kappa shape index (κ3) is 2.36. The van der Waals surface area contributed by atoms with E-state index in [9.17, 15) is 0 Å². The van der Waals surface area contributed by atoms with Crippen molar-refractivity contribution in [2.75, 3.05) is 0 Å². The first-order chi connectivity index (χ1) is 5.61. The van der Waals surface area contributed by atoms with Crippen molar-refractivity contribution >= 4 is 0 Å². The molecule has 0 fully saturated rings. The first-order valence-electron chi connectivity index (χ1n) is 5.29. The van der Waals surface area contributed by atoms with Crippen molar-refractivity contribution in [2.24, 2.45) is 23.7 Å². The molecular formula is C12H22. The van der Waals surface area contributed by atoms with Gasteiger partial charge in [0.15, 0.2) is 0 Å². The van der Waals surface area contributed by atoms with Crippen molar-refractivity contribution < 1.29 is 0 Å². The van der Waals surface area contributed by atoms with Crippen LogP contribution in [-0.2, 0) is 0 Å². The highest BCUT2D eigenvalue weighted by Crippen LogP contribution is 2.30. The number of hydrogen-bond donors (Lipinski definition) is 0. The monoisotopic (exact) mass is 166 g/mol. The first-order valence-corrected chi connectivity index (χ1v) is 5.29. The van der Waals surface area contributed by atoms with Crippen molar-refractivity contribution in [2.45, 2.75) is 40.5 Å². The molecule has 1 rings (SSSR count). The summed E-state index contributed by atoms with van der Waals surface area (Å²) in [7, 11) is 0. The quantitative estimate of drug-likeness (QED) is 0.546. The van der Waals surface area contributed by atoms with Crippen molar-refractivity contribution in [3.8, 4) is 0 Å². The average molecular weight is 166 g/mol. The molecule has 0 spiro atoms. The first kappa shape index (κ1) is 9.83. The summed E-state index contributed by atoms with van der Waals surface area (Å²) in [6.45, 7) is 9.30. The summed E-state index contributed by atoms with van der Waals surface area (Å²) in [5.41, 5.74) is 0. The van der Waals surface area contributed by atoms with Gasteiger partial charge >= 0.3 is 0 Å². The molecule has 0 nitrogen and oxygen atoms in total. The second kappa shape index (κ2) is 4.11. The number of allylic oxidation sites excluding steroid dienone is 2. The SMILES string of the molecule is CC(C)C1C=CC(C(C)C)CC1. The molecule has 12 heavy (non-hydrogen) atoms. The van der Waals surface area contributed by atoms with Crippen LogP contribution in [0, 0.1) is 23.7 Å². The molecule has 0 amide bonds. The second-order valence-corrected chi connectivity index (χ2v) is 4.78. The molecule has 2 atom stereocenters. The van der Waals surface area contributed by atoms with Crippen LogP contribution in [0.5, 0.6) is 0 Å². The third-order valence-electron chi connectivity index (χ3n) is 3.15. The Morgan fingerprint density at radius 2 is 1.17 bits per heavy atom. The second-order valence-electron chi connectivity index (χ2n) is 4.78. The summed E-state index contributed by atoms with van der Waals surface area (Å²) in [6, 6.07) is 0. The summed E-state index contributed by atoms with van der Waals surface area (Å²) >= 11 is 0. The molecule has 0 aliphatic heterocycles. The van der Waals surface area contributed by atoms with Gasteiger partial charge in [0, 0.05) is 0 Å². The van der Waals surface area contributed by atoms with E-state index in [2.05, 4.69) is 39.8 Å². The normalized spacial score (nSPS) is 30.2. The van der Waals surface area contributed by atoms with Crippen LogP contribution < -0.4 is 0 Å². The van der Waals surface area contributed by atoms with Crippen LogP contribution in [0.15, 0.2) is 12.2 Å². The highest BCUT2D eigenvalue weighted by Gasteiger charge is 2.19. The summed E-state index contributed by atoms with van der Waals surface area (Å²) < 4.78 is 0. The lowest BCUT2D eigenvalue weighted by molar-refractivity contribution is 0.332. The van der Waals surface area contributed by atoms with Gasteiger partial charge < -0.3 is 0 Å². The van der Waals surface area contributed by atoms with E-state index in [1.165, 1.54) is 12.8 Å². The highest BCUT2D eigenvalue weighted by molar-refractivity contribution is 4.99. The maximum Gasteiger partial charge on any atom is -0.0210 e. The van der Waals surface area contributed by atoms with Gasteiger partial charge in [-0.25, -0.2) is 0 Å². The van der Waals surface area contributed by atoms with Gasteiger partial charge in [-0.2, -0.15) is 0 Å². The predicted molar refractivity (Wildman–Crippen MR) is 55.0 cm³/mol. The molecule has 0 aromatic heterocycles. The van der Waals surface area contributed by atoms with Crippen LogP contribution in [0.3, 0.4) is 0 Å². The third-order valence-corrected chi connectivity index (χ3v) is 3.15. The minimum Gasteiger partial charge on any atom is -0.0849 e. The molecule has 0 aromatic rings. The molecule has 0 saturated heterocycles. The molecule has 1 aliphatic rings. The molecule has 0 aromatic carbocycles. The standard InChI is InChI=1S/C12H22/c1-9(2)11-5-7-12(8-6-11)10(3)4/h5,7,9-12H,6,8H2,1-4H3. The van der Waals surface area contributed by atoms with Crippen molar-refractivity contribution in [3.63, 3.8) is 0 Å². The van der Waals surface area contributed by atoms with Crippen LogP contribution in [0.2, 0.25) is 0 Å². The molecule has 0 heterocycles. The Bertz CT molecular complexity index is 135. The maximum absolute atomic E-state index is 2.44. The minimum atomic E-state index is 0.828. The Kier molecular flexibility index (Phi) is 3.37. The van der Waals surface area contributed by atoms with E-state index in [0.29, 0.717) is 0 Å². The van der Waals surface area contributed by atoms with Gasteiger partial charge in [-0.15, -0.1) is 0 Å². The van der Waals surface area contributed by atoms with Crippen LogP contribution >= 0.6 is 0 Å². The van der Waals surface area contributed by atoms with Gasteiger partial charge in [0.1, 0.15) is 0 Å². The smallest absolute Gasteiger partial charge is 0.0210 e. The van der Waals surface area contributed by atoms with Crippen LogP contribution in [-0.4, -0.2) is 0 Å². The molecule has 0 saturated carbocycles. The Balaban J connectivity index is 2.47. The molecular weight excluding hydrogens is 144 g/mol.